The highest BCUT2D eigenvalue weighted by Gasteiger charge is 1.91. The number of hydrogen-bond donors (Lipinski definition) is 0. The molecule has 0 amide bonds. The van der Waals surface area contributed by atoms with Gasteiger partial charge in [0.1, 0.15) is 5.76 Å². The second-order valence-corrected chi connectivity index (χ2v) is 2.83. The Morgan fingerprint density at radius 2 is 1.91 bits per heavy atom. The number of methoxy groups -OCH3 is 1. The second kappa shape index (κ2) is 5.03. The van der Waals surface area contributed by atoms with Gasteiger partial charge in [-0.05, 0) is 31.6 Å². The van der Waals surface area contributed by atoms with Crippen LogP contribution in [0.2, 0.25) is 0 Å². The van der Waals surface area contributed by atoms with Gasteiger partial charge in [-0.25, -0.2) is 0 Å². The van der Waals surface area contributed by atoms with Gasteiger partial charge in [-0.2, -0.15) is 0 Å². The summed E-state index contributed by atoms with van der Waals surface area (Å²) >= 11 is 5.52. The van der Waals surface area contributed by atoms with Crippen LogP contribution in [-0.4, -0.2) is 7.11 Å². The van der Waals surface area contributed by atoms with Crippen LogP contribution in [-0.2, 0) is 4.74 Å². The number of allylic oxidation sites excluding steroid dienone is 4. The second-order valence-electron chi connectivity index (χ2n) is 2.35. The maximum absolute atomic E-state index is 5.52. The summed E-state index contributed by atoms with van der Waals surface area (Å²) in [6, 6.07) is 0. The first-order valence-electron chi connectivity index (χ1n) is 3.32. The molecular weight excluding hydrogens is 160 g/mol. The van der Waals surface area contributed by atoms with E-state index < -0.39 is 0 Å². The Morgan fingerprint density at radius 1 is 1.36 bits per heavy atom. The van der Waals surface area contributed by atoms with Crippen molar-refractivity contribution in [2.45, 2.75) is 13.8 Å². The highest BCUT2D eigenvalue weighted by Crippen LogP contribution is 2.08. The molecule has 62 valence electrons. The molecule has 0 heterocycles. The molecule has 0 radical (unpaired) electrons. The largest absolute Gasteiger partial charge is 0.497 e. The Hall–Kier alpha value is -0.690. The third kappa shape index (κ3) is 4.68. The van der Waals surface area contributed by atoms with Crippen LogP contribution in [0.1, 0.15) is 13.8 Å². The topological polar surface area (TPSA) is 9.23 Å². The van der Waals surface area contributed by atoms with Gasteiger partial charge in [-0.1, -0.05) is 18.2 Å². The van der Waals surface area contributed by atoms with Gasteiger partial charge in [-0.15, -0.1) is 0 Å². The standard InChI is InChI=1S/C9H13ClO/c1-7(2)9(11-4)6-5-8(3)10/h5-6H,3H2,1-2,4H3/b6-5-. The minimum atomic E-state index is 0.501. The van der Waals surface area contributed by atoms with Gasteiger partial charge in [-0.3, -0.25) is 0 Å². The molecule has 0 aromatic heterocycles. The summed E-state index contributed by atoms with van der Waals surface area (Å²) in [5, 5.41) is 0.501. The fourth-order valence-electron chi connectivity index (χ4n) is 0.605. The van der Waals surface area contributed by atoms with E-state index in [0.717, 1.165) is 11.3 Å². The van der Waals surface area contributed by atoms with Crippen LogP contribution >= 0.6 is 11.6 Å². The van der Waals surface area contributed by atoms with E-state index in [2.05, 4.69) is 6.58 Å². The van der Waals surface area contributed by atoms with E-state index in [4.69, 9.17) is 16.3 Å². The molecule has 0 atom stereocenters. The Balaban J connectivity index is 4.33. The minimum absolute atomic E-state index is 0.501. The average molecular weight is 173 g/mol. The van der Waals surface area contributed by atoms with Gasteiger partial charge in [0.15, 0.2) is 0 Å². The number of hydrogen-bond acceptors (Lipinski definition) is 1. The van der Waals surface area contributed by atoms with Crippen LogP contribution in [0, 0.1) is 0 Å². The quantitative estimate of drug-likeness (QED) is 0.469. The van der Waals surface area contributed by atoms with Crippen molar-refractivity contribution >= 4 is 11.6 Å². The Labute approximate surface area is 73.0 Å². The maximum atomic E-state index is 5.52. The maximum Gasteiger partial charge on any atom is 0.117 e. The summed E-state index contributed by atoms with van der Waals surface area (Å²) in [7, 11) is 1.63. The van der Waals surface area contributed by atoms with Gasteiger partial charge in [0.05, 0.1) is 7.11 Å². The Kier molecular flexibility index (Phi) is 4.71. The van der Waals surface area contributed by atoms with Crippen LogP contribution in [0.5, 0.6) is 0 Å². The fraction of sp³-hybridized carbons (Fsp3) is 0.333. The number of halogens is 1. The summed E-state index contributed by atoms with van der Waals surface area (Å²) in [5.41, 5.74) is 1.11. The average Bonchev–Trinajstić information content (AvgIpc) is 1.87. The highest BCUT2D eigenvalue weighted by atomic mass is 35.5. The summed E-state index contributed by atoms with van der Waals surface area (Å²) in [6.45, 7) is 7.47. The molecule has 0 spiro atoms. The van der Waals surface area contributed by atoms with E-state index in [1.165, 1.54) is 0 Å². The highest BCUT2D eigenvalue weighted by molar-refractivity contribution is 6.30. The Bertz CT molecular complexity index is 198. The number of rotatable bonds is 3. The molecule has 0 aromatic rings. The van der Waals surface area contributed by atoms with Crippen molar-refractivity contribution in [3.05, 3.63) is 35.1 Å². The molecule has 1 nitrogen and oxygen atoms in total. The monoisotopic (exact) mass is 172 g/mol. The van der Waals surface area contributed by atoms with Gasteiger partial charge >= 0.3 is 0 Å². The molecule has 0 N–H and O–H groups in total. The van der Waals surface area contributed by atoms with Crippen molar-refractivity contribution in [2.24, 2.45) is 0 Å². The van der Waals surface area contributed by atoms with Gasteiger partial charge in [0.25, 0.3) is 0 Å². The SMILES string of the molecule is C=C(Cl)/C=C\C(OC)=C(C)C. The van der Waals surface area contributed by atoms with Crippen LogP contribution in [0.3, 0.4) is 0 Å². The summed E-state index contributed by atoms with van der Waals surface area (Å²) in [4.78, 5) is 0. The molecule has 0 rings (SSSR count). The number of ether oxygens (including phenoxy) is 1. The van der Waals surface area contributed by atoms with Gasteiger partial charge < -0.3 is 4.74 Å². The van der Waals surface area contributed by atoms with E-state index >= 15 is 0 Å². The third-order valence-corrected chi connectivity index (χ3v) is 1.25. The lowest BCUT2D eigenvalue weighted by Gasteiger charge is -2.01. The predicted molar refractivity (Wildman–Crippen MR) is 49.5 cm³/mol. The molecule has 0 saturated heterocycles. The Morgan fingerprint density at radius 3 is 2.18 bits per heavy atom. The van der Waals surface area contributed by atoms with Crippen molar-refractivity contribution in [1.29, 1.82) is 0 Å². The lowest BCUT2D eigenvalue weighted by atomic mass is 10.2. The molecule has 0 saturated carbocycles. The molecule has 0 aliphatic carbocycles. The molecular formula is C9H13ClO. The molecule has 2 heteroatoms. The van der Waals surface area contributed by atoms with Crippen molar-refractivity contribution in [2.75, 3.05) is 7.11 Å². The zero-order valence-electron chi connectivity index (χ0n) is 7.15. The lowest BCUT2D eigenvalue weighted by molar-refractivity contribution is 0.302. The van der Waals surface area contributed by atoms with Crippen molar-refractivity contribution < 1.29 is 4.74 Å². The van der Waals surface area contributed by atoms with E-state index in [1.54, 1.807) is 19.3 Å². The van der Waals surface area contributed by atoms with Crippen LogP contribution < -0.4 is 0 Å². The zero-order valence-corrected chi connectivity index (χ0v) is 7.90. The lowest BCUT2D eigenvalue weighted by Crippen LogP contribution is -1.84. The first kappa shape index (κ1) is 10.3. The van der Waals surface area contributed by atoms with E-state index in [9.17, 15) is 0 Å². The normalized spacial score (nSPS) is 9.82. The van der Waals surface area contributed by atoms with E-state index in [0.29, 0.717) is 5.03 Å². The molecule has 0 aliphatic heterocycles. The van der Waals surface area contributed by atoms with E-state index in [-0.39, 0.29) is 0 Å². The summed E-state index contributed by atoms with van der Waals surface area (Å²) in [6.07, 6.45) is 3.50. The minimum Gasteiger partial charge on any atom is -0.497 e. The van der Waals surface area contributed by atoms with Crippen LogP contribution in [0.15, 0.2) is 35.1 Å². The van der Waals surface area contributed by atoms with Crippen molar-refractivity contribution in [3.8, 4) is 0 Å². The molecule has 0 aromatic carbocycles. The molecule has 0 unspecified atom stereocenters. The first-order valence-corrected chi connectivity index (χ1v) is 3.69. The zero-order chi connectivity index (χ0) is 8.85. The third-order valence-electron chi connectivity index (χ3n) is 1.13. The van der Waals surface area contributed by atoms with Crippen molar-refractivity contribution in [1.82, 2.24) is 0 Å². The van der Waals surface area contributed by atoms with Crippen molar-refractivity contribution in [3.63, 3.8) is 0 Å². The molecule has 0 bridgehead atoms. The van der Waals surface area contributed by atoms with Gasteiger partial charge in [0, 0.05) is 5.03 Å². The molecule has 0 aliphatic rings. The van der Waals surface area contributed by atoms with Crippen LogP contribution in [0.4, 0.5) is 0 Å². The molecule has 11 heavy (non-hydrogen) atoms. The first-order chi connectivity index (χ1) is 5.07. The van der Waals surface area contributed by atoms with Crippen LogP contribution in [0.25, 0.3) is 0 Å². The molecule has 0 fully saturated rings. The van der Waals surface area contributed by atoms with E-state index in [1.807, 2.05) is 13.8 Å². The summed E-state index contributed by atoms with van der Waals surface area (Å²) < 4.78 is 5.06. The predicted octanol–water partition coefficient (Wildman–Crippen LogP) is 3.24. The smallest absolute Gasteiger partial charge is 0.117 e. The summed E-state index contributed by atoms with van der Waals surface area (Å²) in [5.74, 6) is 0.826. The van der Waals surface area contributed by atoms with Gasteiger partial charge in [0.2, 0.25) is 0 Å². The fourth-order valence-corrected chi connectivity index (χ4v) is 0.668.